The highest BCUT2D eigenvalue weighted by Gasteiger charge is 2.15. The summed E-state index contributed by atoms with van der Waals surface area (Å²) in [5, 5.41) is 1.59. The largest absolute Gasteiger partial charge is 0.493 e. The summed E-state index contributed by atoms with van der Waals surface area (Å²) in [6.07, 6.45) is 0.901. The lowest BCUT2D eigenvalue weighted by Gasteiger charge is -2.15. The van der Waals surface area contributed by atoms with E-state index in [2.05, 4.69) is 21.4 Å². The molecule has 0 aliphatic carbocycles. The first-order valence-electron chi connectivity index (χ1n) is 5.98. The van der Waals surface area contributed by atoms with Crippen molar-refractivity contribution >= 4 is 21.8 Å². The average Bonchev–Trinajstić information content (AvgIpc) is 2.35. The second-order valence-electron chi connectivity index (χ2n) is 4.17. The number of ether oxygens (including phenoxy) is 2. The third kappa shape index (κ3) is 4.40. The van der Waals surface area contributed by atoms with E-state index in [0.717, 1.165) is 6.42 Å². The first-order valence-corrected chi connectivity index (χ1v) is 6.77. The fraction of sp³-hybridized carbons (Fsp3) is 0.462. The summed E-state index contributed by atoms with van der Waals surface area (Å²) in [6, 6.07) is 3.38. The lowest BCUT2D eigenvalue weighted by atomic mass is 10.2. The van der Waals surface area contributed by atoms with Crippen LogP contribution in [-0.4, -0.2) is 38.7 Å². The molecule has 0 bridgehead atoms. The number of nitrogens with one attached hydrogen (secondary N) is 1. The normalized spacial score (nSPS) is 10.4. The van der Waals surface area contributed by atoms with Crippen LogP contribution in [0.25, 0.3) is 0 Å². The molecule has 1 amide bonds. The van der Waals surface area contributed by atoms with Crippen LogP contribution < -0.4 is 14.9 Å². The van der Waals surface area contributed by atoms with Crippen molar-refractivity contribution in [2.24, 2.45) is 0 Å². The minimum absolute atomic E-state index is 0.203. The molecule has 106 valence electrons. The maximum absolute atomic E-state index is 11.9. The molecule has 0 aliphatic heterocycles. The Hall–Kier alpha value is -1.27. The van der Waals surface area contributed by atoms with Gasteiger partial charge in [0.2, 0.25) is 0 Å². The second-order valence-corrected chi connectivity index (χ2v) is 5.03. The van der Waals surface area contributed by atoms with Gasteiger partial charge in [-0.05, 0) is 34.5 Å². The zero-order chi connectivity index (χ0) is 14.4. The Bertz CT molecular complexity index is 450. The number of halogens is 1. The molecule has 0 saturated carbocycles. The summed E-state index contributed by atoms with van der Waals surface area (Å²) < 4.78 is 11.6. The monoisotopic (exact) mass is 330 g/mol. The van der Waals surface area contributed by atoms with E-state index >= 15 is 0 Å². The van der Waals surface area contributed by atoms with Gasteiger partial charge in [0.05, 0.1) is 18.2 Å². The van der Waals surface area contributed by atoms with Crippen molar-refractivity contribution in [2.75, 3.05) is 27.8 Å². The number of amides is 1. The van der Waals surface area contributed by atoms with Crippen LogP contribution in [0, 0.1) is 0 Å². The van der Waals surface area contributed by atoms with Gasteiger partial charge in [-0.2, -0.15) is 0 Å². The molecule has 1 rings (SSSR count). The molecule has 0 atom stereocenters. The molecule has 0 radical (unpaired) electrons. The standard InChI is InChI=1S/C13H19BrN2O3/c1-5-6-19-12-10(14)7-9(8-11(12)18-4)13(17)15-16(2)3/h7-8H,5-6H2,1-4H3,(H,15,17). The number of hydrogen-bond acceptors (Lipinski definition) is 4. The fourth-order valence-corrected chi connectivity index (χ4v) is 2.02. The zero-order valence-corrected chi connectivity index (χ0v) is 13.2. The first kappa shape index (κ1) is 15.8. The molecule has 6 heteroatoms. The molecule has 1 aromatic carbocycles. The van der Waals surface area contributed by atoms with Gasteiger partial charge in [0.15, 0.2) is 11.5 Å². The Labute approximate surface area is 122 Å². The number of rotatable bonds is 6. The van der Waals surface area contributed by atoms with Crippen molar-refractivity contribution in [2.45, 2.75) is 13.3 Å². The van der Waals surface area contributed by atoms with Crippen LogP contribution in [0.4, 0.5) is 0 Å². The molecule has 0 aromatic heterocycles. The molecule has 0 fully saturated rings. The van der Waals surface area contributed by atoms with E-state index in [0.29, 0.717) is 28.1 Å². The van der Waals surface area contributed by atoms with Crippen LogP contribution in [-0.2, 0) is 0 Å². The lowest BCUT2D eigenvalue weighted by Crippen LogP contribution is -2.36. The molecular weight excluding hydrogens is 312 g/mol. The van der Waals surface area contributed by atoms with Gasteiger partial charge in [-0.3, -0.25) is 10.2 Å². The number of hydrogen-bond donors (Lipinski definition) is 1. The number of carbonyl (C=O) groups excluding carboxylic acids is 1. The molecule has 1 N–H and O–H groups in total. The highest BCUT2D eigenvalue weighted by Crippen LogP contribution is 2.36. The predicted molar refractivity (Wildman–Crippen MR) is 77.6 cm³/mol. The summed E-state index contributed by atoms with van der Waals surface area (Å²) in [7, 11) is 5.06. The Morgan fingerprint density at radius 3 is 2.63 bits per heavy atom. The van der Waals surface area contributed by atoms with Crippen LogP contribution >= 0.6 is 15.9 Å². The SMILES string of the molecule is CCCOc1c(Br)cc(C(=O)NN(C)C)cc1OC. The van der Waals surface area contributed by atoms with Crippen molar-refractivity contribution in [1.82, 2.24) is 10.4 Å². The van der Waals surface area contributed by atoms with E-state index in [1.54, 1.807) is 38.3 Å². The quantitative estimate of drug-likeness (QED) is 0.814. The average molecular weight is 331 g/mol. The minimum atomic E-state index is -0.203. The van der Waals surface area contributed by atoms with Crippen molar-refractivity contribution in [3.05, 3.63) is 22.2 Å². The molecule has 19 heavy (non-hydrogen) atoms. The second kappa shape index (κ2) is 7.35. The molecule has 0 aliphatic rings. The van der Waals surface area contributed by atoms with Crippen LogP contribution in [0.3, 0.4) is 0 Å². The molecular formula is C13H19BrN2O3. The summed E-state index contributed by atoms with van der Waals surface area (Å²) in [5.74, 6) is 0.948. The molecule has 0 saturated heterocycles. The van der Waals surface area contributed by atoms with Crippen LogP contribution in [0.1, 0.15) is 23.7 Å². The Morgan fingerprint density at radius 2 is 2.11 bits per heavy atom. The van der Waals surface area contributed by atoms with Gasteiger partial charge in [-0.15, -0.1) is 0 Å². The smallest absolute Gasteiger partial charge is 0.265 e. The topological polar surface area (TPSA) is 50.8 Å². The summed E-state index contributed by atoms with van der Waals surface area (Å²) in [4.78, 5) is 11.9. The Morgan fingerprint density at radius 1 is 1.42 bits per heavy atom. The molecule has 0 heterocycles. The summed E-state index contributed by atoms with van der Waals surface area (Å²) in [6.45, 7) is 2.62. The van der Waals surface area contributed by atoms with E-state index in [1.165, 1.54) is 0 Å². The molecule has 5 nitrogen and oxygen atoms in total. The van der Waals surface area contributed by atoms with Crippen LogP contribution in [0.5, 0.6) is 11.5 Å². The van der Waals surface area contributed by atoms with Crippen molar-refractivity contribution in [3.63, 3.8) is 0 Å². The van der Waals surface area contributed by atoms with Gasteiger partial charge in [0.1, 0.15) is 0 Å². The third-order valence-corrected chi connectivity index (χ3v) is 2.86. The van der Waals surface area contributed by atoms with Gasteiger partial charge in [0.25, 0.3) is 5.91 Å². The minimum Gasteiger partial charge on any atom is -0.493 e. The number of methoxy groups -OCH3 is 1. The van der Waals surface area contributed by atoms with E-state index in [-0.39, 0.29) is 5.91 Å². The lowest BCUT2D eigenvalue weighted by molar-refractivity contribution is 0.0856. The Kier molecular flexibility index (Phi) is 6.11. The highest BCUT2D eigenvalue weighted by molar-refractivity contribution is 9.10. The van der Waals surface area contributed by atoms with E-state index in [4.69, 9.17) is 9.47 Å². The number of nitrogens with zero attached hydrogens (tertiary/aromatic N) is 1. The zero-order valence-electron chi connectivity index (χ0n) is 11.6. The fourth-order valence-electron chi connectivity index (χ4n) is 1.46. The number of benzene rings is 1. The number of carbonyl (C=O) groups is 1. The maximum atomic E-state index is 11.9. The number of hydrazine groups is 1. The van der Waals surface area contributed by atoms with Gasteiger partial charge in [-0.25, -0.2) is 5.01 Å². The van der Waals surface area contributed by atoms with E-state index in [9.17, 15) is 4.79 Å². The van der Waals surface area contributed by atoms with E-state index < -0.39 is 0 Å². The van der Waals surface area contributed by atoms with Crippen molar-refractivity contribution < 1.29 is 14.3 Å². The highest BCUT2D eigenvalue weighted by atomic mass is 79.9. The van der Waals surface area contributed by atoms with Crippen LogP contribution in [0.15, 0.2) is 16.6 Å². The van der Waals surface area contributed by atoms with Crippen molar-refractivity contribution in [3.8, 4) is 11.5 Å². The Balaban J connectivity index is 3.04. The van der Waals surface area contributed by atoms with Crippen molar-refractivity contribution in [1.29, 1.82) is 0 Å². The van der Waals surface area contributed by atoms with Gasteiger partial charge in [-0.1, -0.05) is 6.92 Å². The third-order valence-electron chi connectivity index (χ3n) is 2.27. The maximum Gasteiger partial charge on any atom is 0.265 e. The van der Waals surface area contributed by atoms with Gasteiger partial charge >= 0.3 is 0 Å². The van der Waals surface area contributed by atoms with E-state index in [1.807, 2.05) is 6.92 Å². The summed E-state index contributed by atoms with van der Waals surface area (Å²) in [5.41, 5.74) is 3.18. The predicted octanol–water partition coefficient (Wildman–Crippen LogP) is 2.45. The van der Waals surface area contributed by atoms with Gasteiger partial charge in [0, 0.05) is 19.7 Å². The molecule has 0 unspecified atom stereocenters. The van der Waals surface area contributed by atoms with Gasteiger partial charge < -0.3 is 9.47 Å². The summed E-state index contributed by atoms with van der Waals surface area (Å²) >= 11 is 3.40. The molecule has 0 spiro atoms. The first-order chi connectivity index (χ1) is 8.99. The molecule has 1 aromatic rings. The van der Waals surface area contributed by atoms with Crippen LogP contribution in [0.2, 0.25) is 0 Å².